The predicted molar refractivity (Wildman–Crippen MR) is 167 cm³/mol. The maximum atomic E-state index is 12.4. The molecule has 0 aliphatic carbocycles. The molecule has 0 saturated carbocycles. The highest BCUT2D eigenvalue weighted by molar-refractivity contribution is 7.80. The van der Waals surface area contributed by atoms with E-state index in [0.717, 1.165) is 41.8 Å². The van der Waals surface area contributed by atoms with Gasteiger partial charge in [0.2, 0.25) is 0 Å². The van der Waals surface area contributed by atoms with Crippen molar-refractivity contribution in [1.29, 1.82) is 0 Å². The number of hydrogen-bond donors (Lipinski definition) is 1. The Balaban J connectivity index is 0.000000208. The van der Waals surface area contributed by atoms with Crippen LogP contribution in [0.3, 0.4) is 0 Å². The first kappa shape index (κ1) is 31.9. The van der Waals surface area contributed by atoms with Crippen LogP contribution < -0.4 is 5.73 Å². The molecule has 3 heterocycles. The van der Waals surface area contributed by atoms with Gasteiger partial charge in [-0.05, 0) is 43.7 Å². The maximum absolute atomic E-state index is 12.4. The number of carbonyl (C=O) groups excluding carboxylic acids is 3. The van der Waals surface area contributed by atoms with Crippen LogP contribution in [0.4, 0.5) is 9.59 Å². The van der Waals surface area contributed by atoms with Gasteiger partial charge in [0.1, 0.15) is 18.2 Å². The summed E-state index contributed by atoms with van der Waals surface area (Å²) >= 11 is 6.33. The summed E-state index contributed by atoms with van der Waals surface area (Å²) in [6, 6.07) is 18.9. The number of carbonyl (C=O) groups is 3. The highest BCUT2D eigenvalue weighted by Gasteiger charge is 2.34. The molecule has 43 heavy (non-hydrogen) atoms. The van der Waals surface area contributed by atoms with Gasteiger partial charge in [-0.1, -0.05) is 72.9 Å². The van der Waals surface area contributed by atoms with Gasteiger partial charge >= 0.3 is 18.2 Å². The molecule has 3 aromatic rings. The first-order valence-electron chi connectivity index (χ1n) is 14.2. The van der Waals surface area contributed by atoms with Crippen LogP contribution in [0.1, 0.15) is 65.3 Å². The highest BCUT2D eigenvalue weighted by Crippen LogP contribution is 2.34. The molecule has 2 N–H and O–H groups in total. The predicted octanol–water partition coefficient (Wildman–Crippen LogP) is 5.87. The topological polar surface area (TPSA) is 124 Å². The van der Waals surface area contributed by atoms with Gasteiger partial charge in [-0.15, -0.1) is 11.3 Å². The Morgan fingerprint density at radius 3 is 2.02 bits per heavy atom. The van der Waals surface area contributed by atoms with Crippen LogP contribution >= 0.6 is 23.6 Å². The summed E-state index contributed by atoms with van der Waals surface area (Å²) in [4.78, 5) is 44.1. The van der Waals surface area contributed by atoms with Crippen LogP contribution in [0.2, 0.25) is 0 Å². The first-order valence-corrected chi connectivity index (χ1v) is 15.5. The molecule has 2 aromatic carbocycles. The quantitative estimate of drug-likeness (QED) is 0.186. The minimum Gasteiger partial charge on any atom is -0.461 e. The Morgan fingerprint density at radius 2 is 1.44 bits per heavy atom. The van der Waals surface area contributed by atoms with Crippen molar-refractivity contribution >= 4 is 46.7 Å². The number of likely N-dealkylation sites (tertiary alicyclic amines) is 2. The molecular weight excluding hydrogens is 588 g/mol. The molecule has 0 unspecified atom stereocenters. The number of benzene rings is 2. The molecule has 2 fully saturated rings. The van der Waals surface area contributed by atoms with Crippen molar-refractivity contribution in [3.63, 3.8) is 0 Å². The fraction of sp³-hybridized carbons (Fsp3) is 0.387. The van der Waals surface area contributed by atoms with E-state index in [2.05, 4.69) is 4.98 Å². The standard InChI is InChI=1S/C18H20N2O4S.C13H16N2O2S/c1-2-23-17(21)14-12-25-16(19-14)15-9-6-10-20(15)18(22)24-11-13-7-4-3-5-8-13;14-12(18)11-7-4-8-15(11)13(16)17-9-10-5-2-1-3-6-10/h3-5,7-8,12,15H,2,6,9-11H2,1H3;1-3,5-6,11H,4,7-9H2,(H2,14,18)/t15-;11-/m00/s1. The second-order valence-electron chi connectivity index (χ2n) is 9.98. The Bertz CT molecular complexity index is 1370. The van der Waals surface area contributed by atoms with Gasteiger partial charge in [0.25, 0.3) is 0 Å². The molecule has 2 amide bonds. The number of amides is 2. The van der Waals surface area contributed by atoms with Crippen LogP contribution in [-0.2, 0) is 27.4 Å². The lowest BCUT2D eigenvalue weighted by Gasteiger charge is -2.22. The SMILES string of the molecule is CCOC(=O)c1csc([C@@H]2CCCN2C(=O)OCc2ccccc2)n1.NC(=S)[C@@H]1CCCN1C(=O)OCc1ccccc1. The number of thiazole rings is 1. The molecule has 10 nitrogen and oxygen atoms in total. The van der Waals surface area contributed by atoms with Crippen LogP contribution in [0.5, 0.6) is 0 Å². The summed E-state index contributed by atoms with van der Waals surface area (Å²) in [6.45, 7) is 3.89. The zero-order chi connectivity index (χ0) is 30.6. The van der Waals surface area contributed by atoms with E-state index in [1.165, 1.54) is 11.3 Å². The molecular formula is C31H36N4O6S2. The monoisotopic (exact) mass is 624 g/mol. The third-order valence-corrected chi connectivity index (χ3v) is 8.22. The van der Waals surface area contributed by atoms with Crippen molar-refractivity contribution in [2.75, 3.05) is 19.7 Å². The summed E-state index contributed by atoms with van der Waals surface area (Å²) in [5.41, 5.74) is 7.83. The number of esters is 1. The van der Waals surface area contributed by atoms with Crippen molar-refractivity contribution < 1.29 is 28.6 Å². The number of hydrogen-bond acceptors (Lipinski definition) is 9. The van der Waals surface area contributed by atoms with E-state index in [9.17, 15) is 14.4 Å². The normalized spacial score (nSPS) is 17.5. The van der Waals surface area contributed by atoms with E-state index in [1.54, 1.807) is 22.1 Å². The fourth-order valence-corrected chi connectivity index (χ4v) is 6.05. The minimum atomic E-state index is -0.429. The molecule has 2 atom stereocenters. The lowest BCUT2D eigenvalue weighted by molar-refractivity contribution is 0.0520. The number of nitrogens with two attached hydrogens (primary N) is 1. The van der Waals surface area contributed by atoms with Crippen LogP contribution in [0.15, 0.2) is 66.0 Å². The van der Waals surface area contributed by atoms with Crippen LogP contribution in [-0.4, -0.2) is 63.7 Å². The van der Waals surface area contributed by atoms with Crippen molar-refractivity contribution in [3.8, 4) is 0 Å². The van der Waals surface area contributed by atoms with Gasteiger partial charge in [-0.2, -0.15) is 0 Å². The molecule has 5 rings (SSSR count). The number of nitrogens with zero attached hydrogens (tertiary/aromatic N) is 3. The van der Waals surface area contributed by atoms with Crippen molar-refractivity contribution in [3.05, 3.63) is 87.9 Å². The Hall–Kier alpha value is -4.03. The van der Waals surface area contributed by atoms with Gasteiger partial charge < -0.3 is 19.9 Å². The molecule has 0 bridgehead atoms. The van der Waals surface area contributed by atoms with Gasteiger partial charge in [0.15, 0.2) is 5.69 Å². The molecule has 0 spiro atoms. The zero-order valence-corrected chi connectivity index (χ0v) is 25.7. The Kier molecular flexibility index (Phi) is 11.9. The van der Waals surface area contributed by atoms with E-state index in [0.29, 0.717) is 30.4 Å². The highest BCUT2D eigenvalue weighted by atomic mass is 32.1. The average Bonchev–Trinajstić information content (AvgIpc) is 3.81. The van der Waals surface area contributed by atoms with E-state index in [-0.39, 0.29) is 37.5 Å². The lowest BCUT2D eigenvalue weighted by atomic mass is 10.2. The van der Waals surface area contributed by atoms with Crippen molar-refractivity contribution in [2.24, 2.45) is 5.73 Å². The van der Waals surface area contributed by atoms with E-state index >= 15 is 0 Å². The van der Waals surface area contributed by atoms with E-state index in [4.69, 9.17) is 32.2 Å². The average molecular weight is 625 g/mol. The minimum absolute atomic E-state index is 0.142. The molecule has 2 aliphatic heterocycles. The fourth-order valence-electron chi connectivity index (χ4n) is 4.87. The van der Waals surface area contributed by atoms with Crippen LogP contribution in [0, 0.1) is 0 Å². The zero-order valence-electron chi connectivity index (χ0n) is 24.1. The lowest BCUT2D eigenvalue weighted by Crippen LogP contribution is -2.43. The molecule has 2 aliphatic rings. The number of aromatic nitrogens is 1. The summed E-state index contributed by atoms with van der Waals surface area (Å²) in [7, 11) is 0. The van der Waals surface area contributed by atoms with E-state index in [1.807, 2.05) is 60.7 Å². The number of rotatable bonds is 8. The molecule has 2 saturated heterocycles. The van der Waals surface area contributed by atoms with Gasteiger partial charge in [-0.3, -0.25) is 9.80 Å². The Labute approximate surface area is 260 Å². The number of ether oxygens (including phenoxy) is 3. The first-order chi connectivity index (χ1) is 20.9. The van der Waals surface area contributed by atoms with Gasteiger partial charge in [0.05, 0.1) is 23.7 Å². The number of thiocarbonyl (C=S) groups is 1. The maximum Gasteiger partial charge on any atom is 0.410 e. The van der Waals surface area contributed by atoms with Crippen molar-refractivity contribution in [2.45, 2.75) is 57.9 Å². The summed E-state index contributed by atoms with van der Waals surface area (Å²) in [6.07, 6.45) is 2.77. The van der Waals surface area contributed by atoms with E-state index < -0.39 is 5.97 Å². The summed E-state index contributed by atoms with van der Waals surface area (Å²) in [5, 5.41) is 2.43. The third-order valence-electron chi connectivity index (χ3n) is 7.00. The smallest absolute Gasteiger partial charge is 0.410 e. The van der Waals surface area contributed by atoms with Gasteiger partial charge in [-0.25, -0.2) is 19.4 Å². The summed E-state index contributed by atoms with van der Waals surface area (Å²) in [5.74, 6) is -0.429. The molecule has 12 heteroatoms. The summed E-state index contributed by atoms with van der Waals surface area (Å²) < 4.78 is 15.7. The van der Waals surface area contributed by atoms with Crippen LogP contribution in [0.25, 0.3) is 0 Å². The molecule has 228 valence electrons. The molecule has 1 aromatic heterocycles. The second-order valence-corrected chi connectivity index (χ2v) is 11.3. The molecule has 0 radical (unpaired) electrons. The third kappa shape index (κ3) is 8.98. The Morgan fingerprint density at radius 1 is 0.884 bits per heavy atom. The van der Waals surface area contributed by atoms with Crippen molar-refractivity contribution in [1.82, 2.24) is 14.8 Å². The largest absolute Gasteiger partial charge is 0.461 e. The second kappa shape index (κ2) is 16.0. The van der Waals surface area contributed by atoms with Gasteiger partial charge in [0, 0.05) is 18.5 Å².